The van der Waals surface area contributed by atoms with Gasteiger partial charge in [0.05, 0.1) is 12.1 Å². The summed E-state index contributed by atoms with van der Waals surface area (Å²) in [7, 11) is -1.28. The molecule has 0 spiro atoms. The first-order valence-corrected chi connectivity index (χ1v) is 6.76. The summed E-state index contributed by atoms with van der Waals surface area (Å²) in [5.41, 5.74) is 0. The second-order valence-corrected chi connectivity index (χ2v) is 5.25. The number of hydrogen-bond acceptors (Lipinski definition) is 6. The van der Waals surface area contributed by atoms with E-state index in [1.807, 2.05) is 0 Å². The molecule has 108 valence electrons. The molecule has 18 heavy (non-hydrogen) atoms. The van der Waals surface area contributed by atoms with Gasteiger partial charge in [0.25, 0.3) is 0 Å². The van der Waals surface area contributed by atoms with Crippen molar-refractivity contribution >= 4 is 16.3 Å². The highest BCUT2D eigenvalue weighted by atomic mass is 32.2. The third-order valence-corrected chi connectivity index (χ3v) is 2.89. The zero-order chi connectivity index (χ0) is 14.3. The van der Waals surface area contributed by atoms with E-state index in [0.717, 1.165) is 0 Å². The molecule has 0 aliphatic carbocycles. The van der Waals surface area contributed by atoms with Crippen molar-refractivity contribution in [2.24, 2.45) is 0 Å². The van der Waals surface area contributed by atoms with Crippen LogP contribution in [-0.4, -0.2) is 47.2 Å². The van der Waals surface area contributed by atoms with Crippen molar-refractivity contribution in [1.82, 2.24) is 9.44 Å². The normalized spacial score (nSPS) is 13.7. The van der Waals surface area contributed by atoms with E-state index in [4.69, 9.17) is 9.47 Å². The van der Waals surface area contributed by atoms with Gasteiger partial charge in [-0.25, -0.2) is 9.52 Å². The average molecular weight is 284 g/mol. The van der Waals surface area contributed by atoms with Crippen LogP contribution in [-0.2, 0) is 24.4 Å². The van der Waals surface area contributed by atoms with Crippen molar-refractivity contribution in [3.05, 3.63) is 0 Å². The van der Waals surface area contributed by atoms with Crippen LogP contribution in [0.2, 0.25) is 0 Å². The van der Waals surface area contributed by atoms with Gasteiger partial charge in [-0.05, 0) is 20.8 Å². The minimum atomic E-state index is -4.03. The molecule has 0 aliphatic heterocycles. The Kier molecular flexibility index (Phi) is 7.14. The fourth-order valence-corrected chi connectivity index (χ4v) is 2.11. The number of amides is 1. The summed E-state index contributed by atoms with van der Waals surface area (Å²) >= 11 is 0. The molecule has 0 rings (SSSR count). The van der Waals surface area contributed by atoms with Crippen LogP contribution in [0.1, 0.15) is 20.8 Å². The minimum absolute atomic E-state index is 0.414. The van der Waals surface area contributed by atoms with E-state index in [2.05, 4.69) is 9.46 Å². The molecule has 0 saturated heterocycles. The maximum atomic E-state index is 11.5. The number of hydrogen-bond donors (Lipinski definition) is 2. The predicted octanol–water partition coefficient (Wildman–Crippen LogP) is -0.0372. The zero-order valence-electron chi connectivity index (χ0n) is 11.1. The molecule has 0 aromatic carbocycles. The van der Waals surface area contributed by atoms with Gasteiger partial charge in [-0.1, -0.05) is 0 Å². The molecule has 8 nitrogen and oxygen atoms in total. The summed E-state index contributed by atoms with van der Waals surface area (Å²) in [6, 6.07) is -0.677. The number of methoxy groups -OCH3 is 2. The SMILES string of the molecule is COC(OC)C(C)NS(=O)(=O)NC(=O)OC(C)C. The highest BCUT2D eigenvalue weighted by Gasteiger charge is 2.24. The second kappa shape index (κ2) is 7.52. The van der Waals surface area contributed by atoms with Crippen molar-refractivity contribution in [3.8, 4) is 0 Å². The molecule has 0 saturated carbocycles. The summed E-state index contributed by atoms with van der Waals surface area (Å²) in [5, 5.41) is 0. The molecule has 0 radical (unpaired) electrons. The van der Waals surface area contributed by atoms with Crippen molar-refractivity contribution < 1.29 is 27.4 Å². The first-order valence-electron chi connectivity index (χ1n) is 5.28. The Hall–Kier alpha value is -0.900. The van der Waals surface area contributed by atoms with Gasteiger partial charge in [0.15, 0.2) is 6.29 Å². The average Bonchev–Trinajstić information content (AvgIpc) is 2.15. The quantitative estimate of drug-likeness (QED) is 0.636. The van der Waals surface area contributed by atoms with Crippen LogP contribution in [0.25, 0.3) is 0 Å². The molecule has 0 aromatic rings. The van der Waals surface area contributed by atoms with Crippen LogP contribution >= 0.6 is 0 Å². The minimum Gasteiger partial charge on any atom is -0.446 e. The van der Waals surface area contributed by atoms with Gasteiger partial charge in [0.2, 0.25) is 0 Å². The van der Waals surface area contributed by atoms with Gasteiger partial charge in [0, 0.05) is 14.2 Å². The standard InChI is InChI=1S/C9H20N2O6S/c1-6(2)17-9(12)11-18(13,14)10-7(3)8(15-4)16-5/h6-8,10H,1-5H3,(H,11,12). The van der Waals surface area contributed by atoms with Crippen molar-refractivity contribution in [2.45, 2.75) is 39.2 Å². The molecular formula is C9H20N2O6S. The highest BCUT2D eigenvalue weighted by Crippen LogP contribution is 2.00. The van der Waals surface area contributed by atoms with Gasteiger partial charge in [-0.2, -0.15) is 13.1 Å². The number of ether oxygens (including phenoxy) is 3. The van der Waals surface area contributed by atoms with Gasteiger partial charge in [-0.3, -0.25) is 0 Å². The van der Waals surface area contributed by atoms with Crippen molar-refractivity contribution in [3.63, 3.8) is 0 Å². The lowest BCUT2D eigenvalue weighted by Gasteiger charge is -2.22. The maximum absolute atomic E-state index is 11.5. The first-order chi connectivity index (χ1) is 8.21. The van der Waals surface area contributed by atoms with Crippen LogP contribution in [0.3, 0.4) is 0 Å². The zero-order valence-corrected chi connectivity index (χ0v) is 11.9. The molecule has 0 heterocycles. The Morgan fingerprint density at radius 1 is 1.11 bits per heavy atom. The fraction of sp³-hybridized carbons (Fsp3) is 0.889. The Morgan fingerprint density at radius 3 is 2.00 bits per heavy atom. The lowest BCUT2D eigenvalue weighted by Crippen LogP contribution is -2.49. The molecule has 0 bridgehead atoms. The third kappa shape index (κ3) is 6.74. The molecule has 1 amide bonds. The third-order valence-electron chi connectivity index (χ3n) is 1.77. The number of nitrogens with one attached hydrogen (secondary N) is 2. The van der Waals surface area contributed by atoms with E-state index in [9.17, 15) is 13.2 Å². The molecule has 0 aliphatic rings. The Balaban J connectivity index is 4.43. The summed E-state index contributed by atoms with van der Waals surface area (Å²) in [5.74, 6) is 0. The van der Waals surface area contributed by atoms with E-state index in [0.29, 0.717) is 0 Å². The van der Waals surface area contributed by atoms with Crippen LogP contribution in [0.4, 0.5) is 4.79 Å². The highest BCUT2D eigenvalue weighted by molar-refractivity contribution is 7.88. The number of carbonyl (C=O) groups excluding carboxylic acids is 1. The predicted molar refractivity (Wildman–Crippen MR) is 64.1 cm³/mol. The molecule has 2 N–H and O–H groups in total. The van der Waals surface area contributed by atoms with E-state index in [-0.39, 0.29) is 0 Å². The van der Waals surface area contributed by atoms with Crippen LogP contribution in [0.15, 0.2) is 0 Å². The Bertz CT molecular complexity index is 352. The first kappa shape index (κ1) is 17.1. The number of carbonyl (C=O) groups is 1. The van der Waals surface area contributed by atoms with Crippen molar-refractivity contribution in [2.75, 3.05) is 14.2 Å². The fourth-order valence-electron chi connectivity index (χ4n) is 1.18. The smallest absolute Gasteiger partial charge is 0.422 e. The summed E-state index contributed by atoms with van der Waals surface area (Å²) in [6.07, 6.45) is -2.22. The molecule has 0 fully saturated rings. The van der Waals surface area contributed by atoms with Crippen LogP contribution in [0.5, 0.6) is 0 Å². The van der Waals surface area contributed by atoms with Crippen molar-refractivity contribution in [1.29, 1.82) is 0 Å². The van der Waals surface area contributed by atoms with Gasteiger partial charge < -0.3 is 14.2 Å². The van der Waals surface area contributed by atoms with Gasteiger partial charge in [0.1, 0.15) is 0 Å². The largest absolute Gasteiger partial charge is 0.446 e. The Morgan fingerprint density at radius 2 is 1.61 bits per heavy atom. The molecule has 9 heteroatoms. The van der Waals surface area contributed by atoms with Gasteiger partial charge >= 0.3 is 16.3 Å². The molecule has 1 unspecified atom stereocenters. The topological polar surface area (TPSA) is 103 Å². The Labute approximate surface area is 107 Å². The molecule has 0 aromatic heterocycles. The van der Waals surface area contributed by atoms with E-state index < -0.39 is 34.7 Å². The van der Waals surface area contributed by atoms with E-state index >= 15 is 0 Å². The lowest BCUT2D eigenvalue weighted by molar-refractivity contribution is -0.115. The van der Waals surface area contributed by atoms with Crippen LogP contribution < -0.4 is 9.44 Å². The monoisotopic (exact) mass is 284 g/mol. The van der Waals surface area contributed by atoms with E-state index in [1.54, 1.807) is 18.6 Å². The summed E-state index contributed by atoms with van der Waals surface area (Å²) < 4.78 is 41.4. The number of rotatable bonds is 7. The summed E-state index contributed by atoms with van der Waals surface area (Å²) in [4.78, 5) is 11.1. The van der Waals surface area contributed by atoms with Gasteiger partial charge in [-0.15, -0.1) is 0 Å². The second-order valence-electron chi connectivity index (χ2n) is 3.81. The maximum Gasteiger partial charge on any atom is 0.422 e. The van der Waals surface area contributed by atoms with Crippen LogP contribution in [0, 0.1) is 0 Å². The lowest BCUT2D eigenvalue weighted by atomic mass is 10.3. The summed E-state index contributed by atoms with van der Waals surface area (Å²) in [6.45, 7) is 4.74. The molecular weight excluding hydrogens is 264 g/mol. The molecule has 1 atom stereocenters. The van der Waals surface area contributed by atoms with E-state index in [1.165, 1.54) is 21.1 Å².